The number of nitrogens with one attached hydrogen (secondary N) is 3. The molecule has 3 rings (SSSR count). The van der Waals surface area contributed by atoms with Crippen molar-refractivity contribution in [2.75, 3.05) is 25.5 Å². The molecule has 2 aromatic rings. The van der Waals surface area contributed by atoms with Crippen molar-refractivity contribution in [3.05, 3.63) is 62.9 Å². The van der Waals surface area contributed by atoms with E-state index in [1.807, 2.05) is 29.2 Å². The quantitative estimate of drug-likeness (QED) is 0.0636. The molecule has 50 heavy (non-hydrogen) atoms. The summed E-state index contributed by atoms with van der Waals surface area (Å²) in [6.07, 6.45) is -4.81. The maximum Gasteiger partial charge on any atom is 0.330 e. The van der Waals surface area contributed by atoms with Crippen molar-refractivity contribution in [2.45, 2.75) is 113 Å². The number of hydrogen-bond acceptors (Lipinski definition) is 13. The molecule has 1 aromatic carbocycles. The molecule has 0 aliphatic carbocycles. The minimum absolute atomic E-state index is 0.0362. The van der Waals surface area contributed by atoms with Crippen molar-refractivity contribution >= 4 is 17.5 Å². The van der Waals surface area contributed by atoms with Crippen molar-refractivity contribution < 1.29 is 44.2 Å². The zero-order valence-corrected chi connectivity index (χ0v) is 28.5. The number of ether oxygens (including phenoxy) is 3. The smallest absolute Gasteiger partial charge is 0.330 e. The molecule has 0 saturated carbocycles. The summed E-state index contributed by atoms with van der Waals surface area (Å²) in [7, 11) is 1.12. The number of aromatic amines is 1. The number of rotatable bonds is 22. The topological polar surface area (TPSA) is 274 Å². The third-order valence-corrected chi connectivity index (χ3v) is 8.60. The van der Waals surface area contributed by atoms with Crippen LogP contribution < -0.4 is 33.3 Å². The molecule has 1 aliphatic heterocycles. The van der Waals surface area contributed by atoms with Gasteiger partial charge < -0.3 is 56.7 Å². The van der Waals surface area contributed by atoms with Crippen LogP contribution in [0.5, 0.6) is 0 Å². The van der Waals surface area contributed by atoms with Crippen LogP contribution in [0, 0.1) is 0 Å². The van der Waals surface area contributed by atoms with E-state index >= 15 is 0 Å². The molecule has 1 aliphatic rings. The molecular weight excluding hydrogens is 656 g/mol. The van der Waals surface area contributed by atoms with E-state index in [-0.39, 0.29) is 31.8 Å². The second-order valence-electron chi connectivity index (χ2n) is 12.3. The van der Waals surface area contributed by atoms with Gasteiger partial charge in [-0.2, -0.15) is 0 Å². The van der Waals surface area contributed by atoms with E-state index in [4.69, 9.17) is 25.7 Å². The Morgan fingerprint density at radius 3 is 2.32 bits per heavy atom. The van der Waals surface area contributed by atoms with Crippen molar-refractivity contribution in [3.63, 3.8) is 0 Å². The number of nitrogens with two attached hydrogens (primary N) is 2. The highest BCUT2D eigenvalue weighted by Crippen LogP contribution is 2.27. The zero-order chi connectivity index (χ0) is 36.8. The summed E-state index contributed by atoms with van der Waals surface area (Å²) >= 11 is 0. The van der Waals surface area contributed by atoms with Crippen LogP contribution in [0.2, 0.25) is 0 Å². The number of anilines is 1. The zero-order valence-electron chi connectivity index (χ0n) is 28.5. The van der Waals surface area contributed by atoms with Crippen LogP contribution in [0.15, 0.2) is 46.1 Å². The van der Waals surface area contributed by atoms with Crippen LogP contribution in [0.25, 0.3) is 0 Å². The predicted octanol–water partition coefficient (Wildman–Crippen LogP) is -1.43. The second kappa shape index (κ2) is 20.4. The molecule has 280 valence electrons. The molecule has 1 saturated heterocycles. The summed E-state index contributed by atoms with van der Waals surface area (Å²) < 4.78 is 17.5. The molecule has 11 N–H and O–H groups in total. The summed E-state index contributed by atoms with van der Waals surface area (Å²) in [5, 5.41) is 48.7. The van der Waals surface area contributed by atoms with Crippen molar-refractivity contribution in [2.24, 2.45) is 11.5 Å². The largest absolute Gasteiger partial charge is 0.387 e. The van der Waals surface area contributed by atoms with Gasteiger partial charge in [0.15, 0.2) is 12.5 Å². The highest BCUT2D eigenvalue weighted by molar-refractivity contribution is 5.90. The molecule has 2 amide bonds. The van der Waals surface area contributed by atoms with E-state index in [0.717, 1.165) is 32.2 Å². The highest BCUT2D eigenvalue weighted by atomic mass is 16.7. The lowest BCUT2D eigenvalue weighted by molar-refractivity contribution is -0.236. The monoisotopic (exact) mass is 708 g/mol. The lowest BCUT2D eigenvalue weighted by Gasteiger charge is -2.37. The summed E-state index contributed by atoms with van der Waals surface area (Å²) in [5.74, 6) is -1.27. The van der Waals surface area contributed by atoms with Gasteiger partial charge in [-0.3, -0.25) is 23.9 Å². The van der Waals surface area contributed by atoms with Gasteiger partial charge in [-0.25, -0.2) is 4.79 Å². The van der Waals surface area contributed by atoms with Crippen molar-refractivity contribution in [1.82, 2.24) is 14.9 Å². The van der Waals surface area contributed by atoms with Crippen LogP contribution in [0.4, 0.5) is 5.69 Å². The second-order valence-corrected chi connectivity index (χ2v) is 12.3. The van der Waals surface area contributed by atoms with Gasteiger partial charge in [0.05, 0.1) is 0 Å². The van der Waals surface area contributed by atoms with E-state index in [1.165, 1.54) is 31.2 Å². The highest BCUT2D eigenvalue weighted by Gasteiger charge is 2.48. The first kappa shape index (κ1) is 40.9. The van der Waals surface area contributed by atoms with E-state index < -0.39 is 72.3 Å². The number of aromatic nitrogens is 2. The molecule has 0 bridgehead atoms. The third-order valence-electron chi connectivity index (χ3n) is 8.60. The number of unbranched alkanes of at least 4 members (excludes halogenated alkanes) is 4. The SMILES string of the molecule is CCCCCCCc1ccc(NC(=O)CCCNC(C(N)=O)C(OC2OC(CN)C(O)C2O)C(OC)C(O)C(O)n2ccc(=O)[nH]c2=O)cc1. The molecule has 17 heteroatoms. The van der Waals surface area contributed by atoms with Crippen LogP contribution in [-0.2, 0) is 30.2 Å². The Morgan fingerprint density at radius 2 is 1.72 bits per heavy atom. The first-order chi connectivity index (χ1) is 23.9. The Bertz CT molecular complexity index is 1450. The number of primary amides is 1. The van der Waals surface area contributed by atoms with E-state index in [9.17, 15) is 39.6 Å². The first-order valence-electron chi connectivity index (χ1n) is 16.9. The molecular formula is C33H52N6O11. The first-order valence-corrected chi connectivity index (χ1v) is 16.9. The summed E-state index contributed by atoms with van der Waals surface area (Å²) in [6.45, 7) is 2.03. The van der Waals surface area contributed by atoms with Gasteiger partial charge in [0.25, 0.3) is 5.56 Å². The normalized spacial score (nSPS) is 22.1. The fraction of sp³-hybridized carbons (Fsp3) is 0.636. The van der Waals surface area contributed by atoms with Gasteiger partial charge in [0, 0.05) is 38.0 Å². The Morgan fingerprint density at radius 1 is 1.02 bits per heavy atom. The van der Waals surface area contributed by atoms with Crippen LogP contribution in [-0.4, -0.2) is 111 Å². The maximum absolute atomic E-state index is 12.8. The number of nitrogens with zero attached hydrogens (tertiary/aromatic N) is 1. The van der Waals surface area contributed by atoms with E-state index in [2.05, 4.69) is 17.6 Å². The van der Waals surface area contributed by atoms with Gasteiger partial charge in [0.2, 0.25) is 11.8 Å². The molecule has 17 nitrogen and oxygen atoms in total. The van der Waals surface area contributed by atoms with Gasteiger partial charge in [-0.05, 0) is 43.5 Å². The van der Waals surface area contributed by atoms with Crippen LogP contribution in [0.1, 0.15) is 63.7 Å². The molecule has 0 radical (unpaired) electrons. The van der Waals surface area contributed by atoms with Crippen molar-refractivity contribution in [1.29, 1.82) is 0 Å². The van der Waals surface area contributed by atoms with Gasteiger partial charge >= 0.3 is 5.69 Å². The maximum atomic E-state index is 12.8. The lowest BCUT2D eigenvalue weighted by Crippen LogP contribution is -2.60. The number of hydrogen-bond donors (Lipinski definition) is 9. The van der Waals surface area contributed by atoms with Gasteiger partial charge in [-0.15, -0.1) is 0 Å². The van der Waals surface area contributed by atoms with Crippen molar-refractivity contribution in [3.8, 4) is 0 Å². The number of amides is 2. The minimum Gasteiger partial charge on any atom is -0.387 e. The molecule has 9 unspecified atom stereocenters. The number of carbonyl (C=O) groups is 2. The Kier molecular flexibility index (Phi) is 16.7. The van der Waals surface area contributed by atoms with Gasteiger partial charge in [-0.1, -0.05) is 44.7 Å². The number of benzene rings is 1. The van der Waals surface area contributed by atoms with Gasteiger partial charge in [0.1, 0.15) is 42.7 Å². The number of aryl methyl sites for hydroxylation is 1. The Balaban J connectivity index is 1.68. The number of aliphatic hydroxyl groups is 4. The Labute approximate surface area is 289 Å². The minimum atomic E-state index is -2.02. The molecule has 2 heterocycles. The third kappa shape index (κ3) is 11.5. The summed E-state index contributed by atoms with van der Waals surface area (Å²) in [6, 6.07) is 7.12. The molecule has 1 aromatic heterocycles. The number of carbonyl (C=O) groups excluding carboxylic acids is 2. The van der Waals surface area contributed by atoms with E-state index in [1.54, 1.807) is 0 Å². The fourth-order valence-corrected chi connectivity index (χ4v) is 5.76. The molecule has 9 atom stereocenters. The number of methoxy groups -OCH3 is 1. The standard InChI is InChI=1S/C33H52N6O11/c1-3-4-5-6-7-9-19-11-13-20(14-12-19)37-22(40)10-8-16-36-24(30(35)45)28(50-32-26(43)25(42)21(18-34)49-32)29(48-2)27(44)31(46)39-17-15-23(41)38-33(39)47/h11-15,17,21,24-29,31-32,36,42-44,46H,3-10,16,18,34H2,1-2H3,(H2,35,45)(H,37,40)(H,38,41,47). The average Bonchev–Trinajstić information content (AvgIpc) is 3.36. The number of aliphatic hydroxyl groups excluding tert-OH is 4. The van der Waals surface area contributed by atoms with Crippen LogP contribution in [0.3, 0.4) is 0 Å². The molecule has 1 fully saturated rings. The summed E-state index contributed by atoms with van der Waals surface area (Å²) in [4.78, 5) is 51.3. The van der Waals surface area contributed by atoms with Crippen LogP contribution >= 0.6 is 0 Å². The lowest BCUT2D eigenvalue weighted by atomic mass is 9.98. The molecule has 0 spiro atoms. The predicted molar refractivity (Wildman–Crippen MR) is 182 cm³/mol. The fourth-order valence-electron chi connectivity index (χ4n) is 5.76. The number of H-pyrrole nitrogens is 1. The average molecular weight is 709 g/mol. The van der Waals surface area contributed by atoms with E-state index in [0.29, 0.717) is 10.3 Å². The summed E-state index contributed by atoms with van der Waals surface area (Å²) in [5.41, 5.74) is 11.4. The Hall–Kier alpha value is -3.52.